The SMILES string of the molecule is COc1cc(N2CC[C@@H]2CN(C)C)c(N)cc1Nc1ncnc(Nc2cc(F)c(F)cc2C(C)(C)O)n1. The number of halogens is 2. The summed E-state index contributed by atoms with van der Waals surface area (Å²) in [5.41, 5.74) is 7.26. The summed E-state index contributed by atoms with van der Waals surface area (Å²) in [6, 6.07) is 5.91. The number of rotatable bonds is 9. The highest BCUT2D eigenvalue weighted by atomic mass is 19.2. The van der Waals surface area contributed by atoms with E-state index >= 15 is 0 Å². The molecule has 0 saturated carbocycles. The fourth-order valence-corrected chi connectivity index (χ4v) is 4.28. The number of nitrogens with one attached hydrogen (secondary N) is 2. The van der Waals surface area contributed by atoms with Crippen molar-refractivity contribution < 1.29 is 18.6 Å². The minimum atomic E-state index is -1.44. The Labute approximate surface area is 214 Å². The summed E-state index contributed by atoms with van der Waals surface area (Å²) in [5.74, 6) is -1.35. The fraction of sp³-hybridized carbons (Fsp3) is 0.400. The van der Waals surface area contributed by atoms with Gasteiger partial charge in [-0.25, -0.2) is 18.7 Å². The summed E-state index contributed by atoms with van der Waals surface area (Å²) in [6.45, 7) is 4.77. The Morgan fingerprint density at radius 2 is 1.76 bits per heavy atom. The van der Waals surface area contributed by atoms with Crippen LogP contribution in [0.5, 0.6) is 5.75 Å². The molecule has 1 aliphatic rings. The van der Waals surface area contributed by atoms with Crippen LogP contribution in [0.3, 0.4) is 0 Å². The maximum absolute atomic E-state index is 13.9. The second-order valence-corrected chi connectivity index (χ2v) is 9.76. The number of hydrogen-bond acceptors (Lipinski definition) is 10. The number of aromatic nitrogens is 3. The summed E-state index contributed by atoms with van der Waals surface area (Å²) >= 11 is 0. The van der Waals surface area contributed by atoms with Crippen LogP contribution in [0.15, 0.2) is 30.6 Å². The highest BCUT2D eigenvalue weighted by Crippen LogP contribution is 2.40. The van der Waals surface area contributed by atoms with E-state index < -0.39 is 17.2 Å². The molecule has 1 fully saturated rings. The van der Waals surface area contributed by atoms with Crippen LogP contribution in [0.2, 0.25) is 0 Å². The lowest BCUT2D eigenvalue weighted by atomic mass is 9.96. The van der Waals surface area contributed by atoms with Crippen molar-refractivity contribution in [1.82, 2.24) is 19.9 Å². The molecule has 0 unspecified atom stereocenters. The minimum Gasteiger partial charge on any atom is -0.494 e. The third kappa shape index (κ3) is 5.81. The molecule has 3 aromatic rings. The van der Waals surface area contributed by atoms with E-state index in [9.17, 15) is 13.9 Å². The first-order valence-electron chi connectivity index (χ1n) is 11.8. The highest BCUT2D eigenvalue weighted by molar-refractivity contribution is 5.80. The Balaban J connectivity index is 1.58. The van der Waals surface area contributed by atoms with Crippen molar-refractivity contribution in [3.8, 4) is 5.75 Å². The van der Waals surface area contributed by atoms with Gasteiger partial charge in [0.2, 0.25) is 11.9 Å². The number of hydrogen-bond donors (Lipinski definition) is 4. The maximum atomic E-state index is 13.9. The molecule has 5 N–H and O–H groups in total. The molecule has 0 spiro atoms. The topological polar surface area (TPSA) is 125 Å². The van der Waals surface area contributed by atoms with E-state index in [0.29, 0.717) is 23.2 Å². The van der Waals surface area contributed by atoms with Crippen LogP contribution in [0.4, 0.5) is 43.4 Å². The van der Waals surface area contributed by atoms with Crippen molar-refractivity contribution >= 4 is 34.6 Å². The third-order valence-electron chi connectivity index (χ3n) is 6.16. The standard InChI is InChI=1S/C25H32F2N8O2/c1-25(2,36)15-8-16(26)17(27)9-19(15)31-23-29-13-30-24(33-23)32-20-10-18(28)21(11-22(20)37-5)35-7-6-14(35)12-34(3)4/h8-11,13-14,36H,6-7,12,28H2,1-5H3,(H2,29,30,31,32,33)/t14-/m1/s1. The largest absolute Gasteiger partial charge is 0.494 e. The van der Waals surface area contributed by atoms with Crippen LogP contribution in [0.25, 0.3) is 0 Å². The van der Waals surface area contributed by atoms with Gasteiger partial charge < -0.3 is 36.0 Å². The lowest BCUT2D eigenvalue weighted by Gasteiger charge is -2.44. The number of nitrogens with two attached hydrogens (primary N) is 1. The molecule has 1 atom stereocenters. The molecule has 37 heavy (non-hydrogen) atoms. The second-order valence-electron chi connectivity index (χ2n) is 9.76. The van der Waals surface area contributed by atoms with Crippen molar-refractivity contribution in [2.45, 2.75) is 31.9 Å². The predicted octanol–water partition coefficient (Wildman–Crippen LogP) is 3.60. The zero-order chi connectivity index (χ0) is 26.9. The average molecular weight is 515 g/mol. The van der Waals surface area contributed by atoms with Gasteiger partial charge in [0.15, 0.2) is 11.6 Å². The van der Waals surface area contributed by atoms with E-state index in [-0.39, 0.29) is 23.1 Å². The quantitative estimate of drug-likeness (QED) is 0.315. The molecule has 0 amide bonds. The minimum absolute atomic E-state index is 0.0599. The van der Waals surface area contributed by atoms with Gasteiger partial charge in [-0.2, -0.15) is 4.98 Å². The molecule has 0 bridgehead atoms. The molecular weight excluding hydrogens is 482 g/mol. The normalized spacial score (nSPS) is 15.5. The molecule has 1 aliphatic heterocycles. The Bertz CT molecular complexity index is 1280. The van der Waals surface area contributed by atoms with Gasteiger partial charge in [-0.05, 0) is 46.5 Å². The van der Waals surface area contributed by atoms with E-state index in [1.807, 2.05) is 20.2 Å². The van der Waals surface area contributed by atoms with Crippen LogP contribution >= 0.6 is 0 Å². The van der Waals surface area contributed by atoms with Crippen molar-refractivity contribution in [2.75, 3.05) is 55.6 Å². The molecule has 0 radical (unpaired) electrons. The second kappa shape index (κ2) is 10.3. The average Bonchev–Trinajstić information content (AvgIpc) is 2.80. The first-order chi connectivity index (χ1) is 17.5. The Morgan fingerprint density at radius 3 is 2.32 bits per heavy atom. The first kappa shape index (κ1) is 26.3. The third-order valence-corrected chi connectivity index (χ3v) is 6.16. The Hall–Kier alpha value is -3.77. The van der Waals surface area contributed by atoms with E-state index in [1.54, 1.807) is 13.2 Å². The molecular formula is C25H32F2N8O2. The van der Waals surface area contributed by atoms with Gasteiger partial charge in [0.05, 0.1) is 35.5 Å². The maximum Gasteiger partial charge on any atom is 0.232 e. The summed E-state index contributed by atoms with van der Waals surface area (Å²) in [7, 11) is 5.65. The molecule has 1 saturated heterocycles. The van der Waals surface area contributed by atoms with Crippen LogP contribution in [-0.2, 0) is 5.60 Å². The molecule has 12 heteroatoms. The number of methoxy groups -OCH3 is 1. The lowest BCUT2D eigenvalue weighted by molar-refractivity contribution is 0.0789. The highest BCUT2D eigenvalue weighted by Gasteiger charge is 2.30. The van der Waals surface area contributed by atoms with Gasteiger partial charge in [0.25, 0.3) is 0 Å². The number of ether oxygens (including phenoxy) is 1. The first-order valence-corrected chi connectivity index (χ1v) is 11.8. The zero-order valence-corrected chi connectivity index (χ0v) is 21.5. The molecule has 10 nitrogen and oxygen atoms in total. The Morgan fingerprint density at radius 1 is 1.11 bits per heavy atom. The summed E-state index contributed by atoms with van der Waals surface area (Å²) < 4.78 is 33.4. The van der Waals surface area contributed by atoms with Gasteiger partial charge in [0.1, 0.15) is 12.1 Å². The van der Waals surface area contributed by atoms with E-state index in [1.165, 1.54) is 20.2 Å². The number of anilines is 6. The van der Waals surface area contributed by atoms with Crippen molar-refractivity contribution in [1.29, 1.82) is 0 Å². The number of likely N-dealkylation sites (N-methyl/N-ethyl adjacent to an activating group) is 1. The van der Waals surface area contributed by atoms with Crippen molar-refractivity contribution in [3.63, 3.8) is 0 Å². The number of nitrogen functional groups attached to an aromatic ring is 1. The van der Waals surface area contributed by atoms with E-state index in [0.717, 1.165) is 37.3 Å². The van der Waals surface area contributed by atoms with Crippen LogP contribution < -0.4 is 26.0 Å². The number of nitrogens with zero attached hydrogens (tertiary/aromatic N) is 5. The molecule has 0 aliphatic carbocycles. The van der Waals surface area contributed by atoms with Crippen LogP contribution in [0, 0.1) is 11.6 Å². The molecule has 2 heterocycles. The van der Waals surface area contributed by atoms with Crippen LogP contribution in [-0.4, -0.2) is 65.3 Å². The van der Waals surface area contributed by atoms with Gasteiger partial charge in [-0.3, -0.25) is 0 Å². The summed E-state index contributed by atoms with van der Waals surface area (Å²) in [5, 5.41) is 16.3. The molecule has 2 aromatic carbocycles. The monoisotopic (exact) mass is 514 g/mol. The van der Waals surface area contributed by atoms with Crippen molar-refractivity contribution in [3.05, 3.63) is 47.8 Å². The summed E-state index contributed by atoms with van der Waals surface area (Å²) in [6.07, 6.45) is 2.35. The molecule has 4 rings (SSSR count). The van der Waals surface area contributed by atoms with Gasteiger partial charge in [0, 0.05) is 36.8 Å². The predicted molar refractivity (Wildman–Crippen MR) is 140 cm³/mol. The lowest BCUT2D eigenvalue weighted by Crippen LogP contribution is -2.52. The number of benzene rings is 2. The van der Waals surface area contributed by atoms with Gasteiger partial charge in [-0.15, -0.1) is 0 Å². The molecule has 198 valence electrons. The van der Waals surface area contributed by atoms with E-state index in [2.05, 4.69) is 35.4 Å². The smallest absolute Gasteiger partial charge is 0.232 e. The van der Waals surface area contributed by atoms with Crippen LogP contribution in [0.1, 0.15) is 25.8 Å². The summed E-state index contributed by atoms with van der Waals surface area (Å²) in [4.78, 5) is 16.9. The van der Waals surface area contributed by atoms with Gasteiger partial charge in [-0.1, -0.05) is 0 Å². The number of aliphatic hydroxyl groups is 1. The zero-order valence-electron chi connectivity index (χ0n) is 21.5. The van der Waals surface area contributed by atoms with E-state index in [4.69, 9.17) is 10.5 Å². The van der Waals surface area contributed by atoms with Gasteiger partial charge >= 0.3 is 0 Å². The van der Waals surface area contributed by atoms with Crippen molar-refractivity contribution in [2.24, 2.45) is 0 Å². The Kier molecular flexibility index (Phi) is 7.32. The fourth-order valence-electron chi connectivity index (χ4n) is 4.28. The molecule has 1 aromatic heterocycles.